The van der Waals surface area contributed by atoms with Crippen molar-refractivity contribution >= 4 is 16.6 Å². The van der Waals surface area contributed by atoms with Crippen LogP contribution >= 0.6 is 0 Å². The summed E-state index contributed by atoms with van der Waals surface area (Å²) in [5.41, 5.74) is 2.24. The van der Waals surface area contributed by atoms with E-state index < -0.39 is 0 Å². The highest BCUT2D eigenvalue weighted by Gasteiger charge is 2.17. The van der Waals surface area contributed by atoms with Gasteiger partial charge in [-0.2, -0.15) is 0 Å². The third kappa shape index (κ3) is 2.94. The quantitative estimate of drug-likeness (QED) is 0.572. The van der Waals surface area contributed by atoms with Gasteiger partial charge in [0.2, 0.25) is 0 Å². The van der Waals surface area contributed by atoms with E-state index in [1.165, 1.54) is 0 Å². The van der Waals surface area contributed by atoms with E-state index in [2.05, 4.69) is 22.9 Å². The predicted octanol–water partition coefficient (Wildman–Crippen LogP) is 3.63. The lowest BCUT2D eigenvalue weighted by Gasteiger charge is -2.22. The van der Waals surface area contributed by atoms with Crippen LogP contribution in [0, 0.1) is 0 Å². The third-order valence-electron chi connectivity index (χ3n) is 4.55. The summed E-state index contributed by atoms with van der Waals surface area (Å²) in [4.78, 5) is 18.9. The van der Waals surface area contributed by atoms with Gasteiger partial charge in [-0.25, -0.2) is 4.98 Å². The maximum atomic E-state index is 12.2. The fourth-order valence-electron chi connectivity index (χ4n) is 3.00. The minimum absolute atomic E-state index is 0.0645. The normalized spacial score (nSPS) is 12.9. The molecule has 0 bridgehead atoms. The van der Waals surface area contributed by atoms with Gasteiger partial charge < -0.3 is 4.42 Å². The van der Waals surface area contributed by atoms with Crippen molar-refractivity contribution in [3.8, 4) is 0 Å². The van der Waals surface area contributed by atoms with Crippen molar-refractivity contribution in [1.82, 2.24) is 14.3 Å². The summed E-state index contributed by atoms with van der Waals surface area (Å²) in [6, 6.07) is 17.3. The molecule has 5 nitrogen and oxygen atoms in total. The van der Waals surface area contributed by atoms with Gasteiger partial charge in [0.25, 0.3) is 5.56 Å². The van der Waals surface area contributed by atoms with Gasteiger partial charge in [0.15, 0.2) is 0 Å². The number of nitrogens with zero attached hydrogens (tertiary/aromatic N) is 3. The van der Waals surface area contributed by atoms with Crippen LogP contribution in [0.5, 0.6) is 0 Å². The fourth-order valence-corrected chi connectivity index (χ4v) is 3.00. The molecule has 126 valence electrons. The molecule has 4 rings (SSSR count). The molecule has 0 spiro atoms. The number of hydrogen-bond donors (Lipinski definition) is 0. The Hall–Kier alpha value is -2.92. The van der Waals surface area contributed by atoms with Crippen LogP contribution in [0.2, 0.25) is 0 Å². The Morgan fingerprint density at radius 1 is 1.16 bits per heavy atom. The second-order valence-corrected chi connectivity index (χ2v) is 6.29. The summed E-state index contributed by atoms with van der Waals surface area (Å²) in [5, 5.41) is 1.10. The molecule has 0 fully saturated rings. The molecule has 0 N–H and O–H groups in total. The molecule has 0 aliphatic rings. The first-order valence-electron chi connectivity index (χ1n) is 8.28. The van der Waals surface area contributed by atoms with Crippen molar-refractivity contribution in [1.29, 1.82) is 0 Å². The largest absolute Gasteiger partial charge is 0.459 e. The van der Waals surface area contributed by atoms with Gasteiger partial charge in [0.05, 0.1) is 11.7 Å². The molecule has 5 heteroatoms. The zero-order valence-corrected chi connectivity index (χ0v) is 14.2. The first kappa shape index (κ1) is 15.6. The molecule has 0 amide bonds. The maximum absolute atomic E-state index is 12.2. The Bertz CT molecular complexity index is 1060. The van der Waals surface area contributed by atoms with E-state index in [1.807, 2.05) is 49.5 Å². The standard InChI is InChI=1S/C20H19N3O2/c1-14(18-11-15-7-3-4-8-17(15)25-18)22(2)13-16-12-20(24)23-10-6-5-9-19(23)21-16/h3-12,14H,13H2,1-2H3. The van der Waals surface area contributed by atoms with E-state index in [0.717, 1.165) is 22.4 Å². The average molecular weight is 333 g/mol. The van der Waals surface area contributed by atoms with Crippen LogP contribution < -0.4 is 5.56 Å². The third-order valence-corrected chi connectivity index (χ3v) is 4.55. The molecule has 3 heterocycles. The molecular weight excluding hydrogens is 314 g/mol. The van der Waals surface area contributed by atoms with E-state index in [4.69, 9.17) is 4.42 Å². The summed E-state index contributed by atoms with van der Waals surface area (Å²) in [7, 11) is 2.01. The molecule has 25 heavy (non-hydrogen) atoms. The van der Waals surface area contributed by atoms with Crippen LogP contribution in [0.25, 0.3) is 16.6 Å². The van der Waals surface area contributed by atoms with Gasteiger partial charge >= 0.3 is 0 Å². The van der Waals surface area contributed by atoms with Crippen molar-refractivity contribution in [3.63, 3.8) is 0 Å². The Balaban J connectivity index is 1.60. The van der Waals surface area contributed by atoms with Gasteiger partial charge in [0.1, 0.15) is 17.0 Å². The molecule has 3 aromatic heterocycles. The minimum Gasteiger partial charge on any atom is -0.459 e. The highest BCUT2D eigenvalue weighted by molar-refractivity contribution is 5.77. The number of pyridine rings is 1. The molecule has 1 aromatic carbocycles. The van der Waals surface area contributed by atoms with E-state index >= 15 is 0 Å². The summed E-state index contributed by atoms with van der Waals surface area (Å²) >= 11 is 0. The van der Waals surface area contributed by atoms with Crippen LogP contribution in [0.4, 0.5) is 0 Å². The van der Waals surface area contributed by atoms with Crippen molar-refractivity contribution in [3.05, 3.63) is 82.6 Å². The van der Waals surface area contributed by atoms with Crippen LogP contribution in [0.15, 0.2) is 70.0 Å². The van der Waals surface area contributed by atoms with Crippen LogP contribution in [-0.2, 0) is 6.54 Å². The molecule has 1 atom stereocenters. The number of benzene rings is 1. The zero-order valence-electron chi connectivity index (χ0n) is 14.2. The second-order valence-electron chi connectivity index (χ2n) is 6.29. The molecule has 0 saturated carbocycles. The Labute approximate surface area is 145 Å². The van der Waals surface area contributed by atoms with Crippen molar-refractivity contribution in [2.24, 2.45) is 0 Å². The number of para-hydroxylation sites is 1. The summed E-state index contributed by atoms with van der Waals surface area (Å²) < 4.78 is 7.50. The fraction of sp³-hybridized carbons (Fsp3) is 0.200. The number of furan rings is 1. The Kier molecular flexibility index (Phi) is 3.86. The topological polar surface area (TPSA) is 50.8 Å². The first-order chi connectivity index (χ1) is 12.1. The molecule has 0 aliphatic carbocycles. The number of fused-ring (bicyclic) bond motifs is 2. The van der Waals surface area contributed by atoms with E-state index in [1.54, 1.807) is 16.7 Å². The maximum Gasteiger partial charge on any atom is 0.258 e. The summed E-state index contributed by atoms with van der Waals surface area (Å²) in [5.74, 6) is 0.904. The molecule has 4 aromatic rings. The lowest BCUT2D eigenvalue weighted by atomic mass is 10.2. The Morgan fingerprint density at radius 3 is 2.80 bits per heavy atom. The van der Waals surface area contributed by atoms with Gasteiger partial charge in [0, 0.05) is 24.2 Å². The SMILES string of the molecule is CC(c1cc2ccccc2o1)N(C)Cc1cc(=O)n2ccccc2n1. The van der Waals surface area contributed by atoms with Gasteiger partial charge in [-0.15, -0.1) is 0 Å². The smallest absolute Gasteiger partial charge is 0.258 e. The molecular formula is C20H19N3O2. The van der Waals surface area contributed by atoms with Gasteiger partial charge in [-0.1, -0.05) is 24.3 Å². The molecule has 1 unspecified atom stereocenters. The van der Waals surface area contributed by atoms with Crippen LogP contribution in [0.1, 0.15) is 24.4 Å². The lowest BCUT2D eigenvalue weighted by Crippen LogP contribution is -2.24. The molecule has 0 aliphatic heterocycles. The van der Waals surface area contributed by atoms with E-state index in [9.17, 15) is 4.79 Å². The van der Waals surface area contributed by atoms with Crippen molar-refractivity contribution < 1.29 is 4.42 Å². The van der Waals surface area contributed by atoms with Crippen LogP contribution in [0.3, 0.4) is 0 Å². The van der Waals surface area contributed by atoms with E-state index in [0.29, 0.717) is 12.2 Å². The summed E-state index contributed by atoms with van der Waals surface area (Å²) in [6.45, 7) is 2.66. The van der Waals surface area contributed by atoms with E-state index in [-0.39, 0.29) is 11.6 Å². The number of hydrogen-bond acceptors (Lipinski definition) is 4. The molecule has 0 saturated heterocycles. The van der Waals surface area contributed by atoms with Gasteiger partial charge in [-0.3, -0.25) is 14.1 Å². The molecule has 0 radical (unpaired) electrons. The number of aromatic nitrogens is 2. The first-order valence-corrected chi connectivity index (χ1v) is 8.28. The van der Waals surface area contributed by atoms with Crippen LogP contribution in [-0.4, -0.2) is 21.3 Å². The average Bonchev–Trinajstić information content (AvgIpc) is 3.05. The zero-order chi connectivity index (χ0) is 17.4. The van der Waals surface area contributed by atoms with Crippen molar-refractivity contribution in [2.45, 2.75) is 19.5 Å². The monoisotopic (exact) mass is 333 g/mol. The highest BCUT2D eigenvalue weighted by Crippen LogP contribution is 2.27. The minimum atomic E-state index is -0.0645. The number of rotatable bonds is 4. The highest BCUT2D eigenvalue weighted by atomic mass is 16.3. The van der Waals surface area contributed by atoms with Gasteiger partial charge in [-0.05, 0) is 38.2 Å². The summed E-state index contributed by atoms with van der Waals surface area (Å²) in [6.07, 6.45) is 1.73. The predicted molar refractivity (Wildman–Crippen MR) is 97.6 cm³/mol. The Morgan fingerprint density at radius 2 is 1.96 bits per heavy atom. The second kappa shape index (κ2) is 6.18. The lowest BCUT2D eigenvalue weighted by molar-refractivity contribution is 0.224. The van der Waals surface area contributed by atoms with Crippen molar-refractivity contribution in [2.75, 3.05) is 7.05 Å².